The molecule has 42 heavy (non-hydrogen) atoms. The van der Waals surface area contributed by atoms with E-state index in [1.165, 1.54) is 12.1 Å². The van der Waals surface area contributed by atoms with Gasteiger partial charge in [0.05, 0.1) is 11.6 Å². The first-order valence-electron chi connectivity index (χ1n) is 12.5. The minimum Gasteiger partial charge on any atom is -0.488 e. The van der Waals surface area contributed by atoms with Crippen LogP contribution in [0.25, 0.3) is 0 Å². The third-order valence-corrected chi connectivity index (χ3v) is 5.68. The Kier molecular flexibility index (Phi) is 11.7. The Hall–Kier alpha value is -3.90. The fourth-order valence-electron chi connectivity index (χ4n) is 3.77. The second-order valence-electron chi connectivity index (χ2n) is 9.25. The first-order chi connectivity index (χ1) is 19.5. The summed E-state index contributed by atoms with van der Waals surface area (Å²) in [5.41, 5.74) is -0.924. The minimum atomic E-state index is -4.89. The van der Waals surface area contributed by atoms with Crippen LogP contribution in [0, 0.1) is 11.6 Å². The van der Waals surface area contributed by atoms with Gasteiger partial charge in [-0.15, -0.1) is 0 Å². The van der Waals surface area contributed by atoms with Gasteiger partial charge in [0.25, 0.3) is 0 Å². The summed E-state index contributed by atoms with van der Waals surface area (Å²) in [4.78, 5) is 11.8. The van der Waals surface area contributed by atoms with E-state index in [9.17, 15) is 44.3 Å². The number of halogens is 9. The van der Waals surface area contributed by atoms with E-state index >= 15 is 0 Å². The zero-order valence-corrected chi connectivity index (χ0v) is 22.6. The number of rotatable bonds is 11. The van der Waals surface area contributed by atoms with E-state index < -0.39 is 54.2 Å². The lowest BCUT2D eigenvalue weighted by Crippen LogP contribution is -2.45. The lowest BCUT2D eigenvalue weighted by Gasteiger charge is -2.35. The summed E-state index contributed by atoms with van der Waals surface area (Å²) in [7, 11) is 0. The van der Waals surface area contributed by atoms with E-state index in [0.29, 0.717) is 18.0 Å². The summed E-state index contributed by atoms with van der Waals surface area (Å²) in [5.74, 6) is -2.84. The number of carbonyl (C=O) groups is 1. The second kappa shape index (κ2) is 14.3. The average molecular weight is 610 g/mol. The maximum Gasteiger partial charge on any atom is 0.461 e. The van der Waals surface area contributed by atoms with Crippen molar-refractivity contribution in [3.8, 4) is 11.5 Å². The van der Waals surface area contributed by atoms with Crippen LogP contribution in [0.4, 0.5) is 39.5 Å². The fourth-order valence-corrected chi connectivity index (χ4v) is 3.77. The molecule has 1 atom stereocenters. The molecular formula is C29H28F9NO3. The molecule has 3 rings (SSSR count). The van der Waals surface area contributed by atoms with E-state index in [1.54, 1.807) is 44.2 Å². The van der Waals surface area contributed by atoms with Gasteiger partial charge >= 0.3 is 18.7 Å². The first-order valence-corrected chi connectivity index (χ1v) is 12.5. The van der Waals surface area contributed by atoms with Gasteiger partial charge in [-0.2, -0.15) is 30.7 Å². The topological polar surface area (TPSA) is 47.6 Å². The van der Waals surface area contributed by atoms with Crippen LogP contribution < -0.4 is 14.8 Å². The van der Waals surface area contributed by atoms with Crippen LogP contribution in [0.1, 0.15) is 43.9 Å². The Morgan fingerprint density at radius 2 is 1.50 bits per heavy atom. The third kappa shape index (κ3) is 9.59. The van der Waals surface area contributed by atoms with E-state index in [-0.39, 0.29) is 23.3 Å². The molecule has 13 heteroatoms. The predicted molar refractivity (Wildman–Crippen MR) is 137 cm³/mol. The maximum absolute atomic E-state index is 14.6. The molecule has 3 aromatic carbocycles. The first kappa shape index (κ1) is 34.3. The lowest BCUT2D eigenvalue weighted by atomic mass is 9.77. The van der Waals surface area contributed by atoms with Crippen molar-refractivity contribution in [1.29, 1.82) is 0 Å². The minimum absolute atomic E-state index is 0.0482. The molecule has 0 radical (unpaired) electrons. The SMILES string of the molecule is CC(C)Oc1cc([C@@](Cc2ccccc2)(NC=O)c2cc(F)cc(OC(F)(F)C(F)F)c2)ccc1F.CCC(F)(F)F. The Morgan fingerprint density at radius 1 is 0.881 bits per heavy atom. The molecule has 230 valence electrons. The number of hydrogen-bond acceptors (Lipinski definition) is 3. The number of benzene rings is 3. The molecule has 4 nitrogen and oxygen atoms in total. The quantitative estimate of drug-likeness (QED) is 0.176. The van der Waals surface area contributed by atoms with Gasteiger partial charge in [0.15, 0.2) is 11.6 Å². The molecule has 0 spiro atoms. The molecule has 0 fully saturated rings. The number of alkyl halides is 7. The van der Waals surface area contributed by atoms with E-state index in [1.807, 2.05) is 0 Å². The van der Waals surface area contributed by atoms with Crippen molar-refractivity contribution in [2.75, 3.05) is 0 Å². The van der Waals surface area contributed by atoms with Crippen molar-refractivity contribution in [3.05, 3.63) is 95.1 Å². The molecule has 0 heterocycles. The van der Waals surface area contributed by atoms with E-state index in [4.69, 9.17) is 4.74 Å². The summed E-state index contributed by atoms with van der Waals surface area (Å²) in [5, 5.41) is 2.60. The third-order valence-electron chi connectivity index (χ3n) is 5.68. The summed E-state index contributed by atoms with van der Waals surface area (Å²) < 4.78 is 124. The highest BCUT2D eigenvalue weighted by Gasteiger charge is 2.44. The van der Waals surface area contributed by atoms with E-state index in [0.717, 1.165) is 25.1 Å². The van der Waals surface area contributed by atoms with Crippen LogP contribution in [-0.4, -0.2) is 31.2 Å². The van der Waals surface area contributed by atoms with Crippen LogP contribution in [0.15, 0.2) is 66.7 Å². The molecule has 0 aliphatic carbocycles. The number of carbonyl (C=O) groups excluding carboxylic acids is 1. The van der Waals surface area contributed by atoms with Crippen molar-refractivity contribution in [1.82, 2.24) is 5.32 Å². The predicted octanol–water partition coefficient (Wildman–Crippen LogP) is 8.18. The molecule has 0 saturated carbocycles. The van der Waals surface area contributed by atoms with Gasteiger partial charge in [-0.05, 0) is 54.8 Å². The number of nitrogens with one attached hydrogen (secondary N) is 1. The summed E-state index contributed by atoms with van der Waals surface area (Å²) in [6.45, 7) is 4.43. The molecule has 0 aliphatic heterocycles. The van der Waals surface area contributed by atoms with Crippen molar-refractivity contribution in [2.45, 2.75) is 64.0 Å². The standard InChI is InChI=1S/C26H23F6NO3.C3H5F3/c1-16(2)35-23-12-18(8-9-22(23)28)25(33-15-34,14-17-6-4-3-5-7-17)19-10-20(27)13-21(11-19)36-26(31,32)24(29)30;1-2-3(4,5)6/h3-13,15-16,24H,14H2,1-2H3,(H,33,34);2H2,1H3/t25-;/m1./s1. The monoisotopic (exact) mass is 609 g/mol. The summed E-state index contributed by atoms with van der Waals surface area (Å²) >= 11 is 0. The van der Waals surface area contributed by atoms with Gasteiger partial charge in [-0.1, -0.05) is 43.3 Å². The van der Waals surface area contributed by atoms with Crippen molar-refractivity contribution in [3.63, 3.8) is 0 Å². The molecule has 0 bridgehead atoms. The van der Waals surface area contributed by atoms with Gasteiger partial charge in [-0.3, -0.25) is 4.79 Å². The summed E-state index contributed by atoms with van der Waals surface area (Å²) in [6, 6.07) is 14.7. The normalized spacial score (nSPS) is 13.2. The number of hydrogen-bond donors (Lipinski definition) is 1. The lowest BCUT2D eigenvalue weighted by molar-refractivity contribution is -0.253. The molecular weight excluding hydrogens is 581 g/mol. The van der Waals surface area contributed by atoms with Gasteiger partial charge in [0.1, 0.15) is 11.6 Å². The van der Waals surface area contributed by atoms with Crippen LogP contribution in [0.2, 0.25) is 0 Å². The Balaban J connectivity index is 0.000000928. The van der Waals surface area contributed by atoms with Crippen molar-refractivity contribution < 1.29 is 53.8 Å². The number of amides is 1. The molecule has 1 amide bonds. The largest absolute Gasteiger partial charge is 0.488 e. The smallest absolute Gasteiger partial charge is 0.461 e. The van der Waals surface area contributed by atoms with Crippen LogP contribution >= 0.6 is 0 Å². The highest BCUT2D eigenvalue weighted by molar-refractivity contribution is 5.56. The Morgan fingerprint density at radius 3 is 2.02 bits per heavy atom. The highest BCUT2D eigenvalue weighted by atomic mass is 19.4. The van der Waals surface area contributed by atoms with Crippen LogP contribution in [0.3, 0.4) is 0 Å². The van der Waals surface area contributed by atoms with Gasteiger partial charge in [0.2, 0.25) is 6.41 Å². The summed E-state index contributed by atoms with van der Waals surface area (Å²) in [6.07, 6.45) is -13.9. The van der Waals surface area contributed by atoms with Gasteiger partial charge < -0.3 is 14.8 Å². The van der Waals surface area contributed by atoms with Crippen molar-refractivity contribution in [2.24, 2.45) is 0 Å². The molecule has 0 saturated heterocycles. The molecule has 1 N–H and O–H groups in total. The maximum atomic E-state index is 14.6. The van der Waals surface area contributed by atoms with Gasteiger partial charge in [-0.25, -0.2) is 8.78 Å². The second-order valence-corrected chi connectivity index (χ2v) is 9.25. The molecule has 0 unspecified atom stereocenters. The highest BCUT2D eigenvalue weighted by Crippen LogP contribution is 2.39. The van der Waals surface area contributed by atoms with Gasteiger partial charge in [0, 0.05) is 18.9 Å². The fraction of sp³-hybridized carbons (Fsp3) is 0.345. The zero-order valence-electron chi connectivity index (χ0n) is 22.6. The zero-order chi connectivity index (χ0) is 31.7. The Labute approximate surface area is 236 Å². The average Bonchev–Trinajstić information content (AvgIpc) is 2.89. The molecule has 3 aromatic rings. The Bertz CT molecular complexity index is 1300. The van der Waals surface area contributed by atoms with Crippen LogP contribution in [0.5, 0.6) is 11.5 Å². The van der Waals surface area contributed by atoms with Crippen molar-refractivity contribution >= 4 is 6.41 Å². The molecule has 0 aliphatic rings. The van der Waals surface area contributed by atoms with Crippen LogP contribution in [-0.2, 0) is 16.8 Å². The molecule has 0 aromatic heterocycles. The number of ether oxygens (including phenoxy) is 2. The van der Waals surface area contributed by atoms with E-state index in [2.05, 4.69) is 10.1 Å².